The summed E-state index contributed by atoms with van der Waals surface area (Å²) in [5.74, 6) is 3.60. The topological polar surface area (TPSA) is 0 Å². The van der Waals surface area contributed by atoms with E-state index in [1.54, 1.807) is 0 Å². The molecule has 90 valence electrons. The summed E-state index contributed by atoms with van der Waals surface area (Å²) in [5, 5.41) is 1.22. The SMILES string of the molecule is CC(C)CCSCC1(CBr)CCCCC1. The van der Waals surface area contributed by atoms with Crippen LogP contribution in [0.15, 0.2) is 0 Å². The Morgan fingerprint density at radius 3 is 2.40 bits per heavy atom. The largest absolute Gasteiger partial charge is 0.161 e. The second-order valence-corrected chi connectivity index (χ2v) is 7.10. The zero-order valence-electron chi connectivity index (χ0n) is 10.2. The Labute approximate surface area is 108 Å². The Kier molecular flexibility index (Phi) is 6.68. The summed E-state index contributed by atoms with van der Waals surface area (Å²) in [7, 11) is 0. The fraction of sp³-hybridized carbons (Fsp3) is 1.00. The lowest BCUT2D eigenvalue weighted by atomic mass is 9.77. The van der Waals surface area contributed by atoms with Gasteiger partial charge in [-0.1, -0.05) is 49.0 Å². The number of halogens is 1. The molecule has 0 radical (unpaired) electrons. The first kappa shape index (κ1) is 13.9. The van der Waals surface area contributed by atoms with E-state index in [2.05, 4.69) is 41.5 Å². The molecule has 1 rings (SSSR count). The average molecular weight is 293 g/mol. The van der Waals surface area contributed by atoms with Crippen LogP contribution in [0.1, 0.15) is 52.4 Å². The molecule has 0 heterocycles. The minimum absolute atomic E-state index is 0.639. The van der Waals surface area contributed by atoms with Gasteiger partial charge in [-0.2, -0.15) is 11.8 Å². The molecule has 0 bridgehead atoms. The molecule has 1 aliphatic rings. The van der Waals surface area contributed by atoms with E-state index in [4.69, 9.17) is 0 Å². The van der Waals surface area contributed by atoms with Crippen molar-refractivity contribution in [2.45, 2.75) is 52.4 Å². The van der Waals surface area contributed by atoms with Gasteiger partial charge in [-0.15, -0.1) is 0 Å². The Bertz CT molecular complexity index is 162. The first-order chi connectivity index (χ1) is 7.18. The fourth-order valence-corrected chi connectivity index (χ4v) is 4.85. The van der Waals surface area contributed by atoms with Crippen LogP contribution in [0.5, 0.6) is 0 Å². The molecule has 0 N–H and O–H groups in total. The molecule has 1 aliphatic carbocycles. The van der Waals surface area contributed by atoms with Gasteiger partial charge in [-0.05, 0) is 42.1 Å². The smallest absolute Gasteiger partial charge is 0.00958 e. The predicted molar refractivity (Wildman–Crippen MR) is 76.1 cm³/mol. The van der Waals surface area contributed by atoms with Gasteiger partial charge >= 0.3 is 0 Å². The number of hydrogen-bond acceptors (Lipinski definition) is 1. The molecule has 15 heavy (non-hydrogen) atoms. The van der Waals surface area contributed by atoms with Crippen LogP contribution in [0.25, 0.3) is 0 Å². The first-order valence-corrected chi connectivity index (χ1v) is 8.60. The highest BCUT2D eigenvalue weighted by atomic mass is 79.9. The highest BCUT2D eigenvalue weighted by Gasteiger charge is 2.30. The summed E-state index contributed by atoms with van der Waals surface area (Å²) < 4.78 is 0. The minimum atomic E-state index is 0.639. The minimum Gasteiger partial charge on any atom is -0.161 e. The molecule has 0 nitrogen and oxygen atoms in total. The highest BCUT2D eigenvalue weighted by molar-refractivity contribution is 9.09. The molecule has 0 atom stereocenters. The quantitative estimate of drug-likeness (QED) is 0.484. The summed E-state index contributed by atoms with van der Waals surface area (Å²) in [6.07, 6.45) is 8.65. The van der Waals surface area contributed by atoms with Crippen LogP contribution in [0.2, 0.25) is 0 Å². The lowest BCUT2D eigenvalue weighted by Crippen LogP contribution is -2.28. The van der Waals surface area contributed by atoms with Gasteiger partial charge in [-0.25, -0.2) is 0 Å². The van der Waals surface area contributed by atoms with Crippen LogP contribution < -0.4 is 0 Å². The number of alkyl halides is 1. The van der Waals surface area contributed by atoms with E-state index >= 15 is 0 Å². The molecular formula is C13H25BrS. The van der Waals surface area contributed by atoms with Crippen LogP contribution in [0, 0.1) is 11.3 Å². The van der Waals surface area contributed by atoms with Crippen molar-refractivity contribution in [2.75, 3.05) is 16.8 Å². The van der Waals surface area contributed by atoms with E-state index in [0.717, 1.165) is 5.92 Å². The number of thioether (sulfide) groups is 1. The zero-order valence-corrected chi connectivity index (χ0v) is 12.6. The molecule has 2 heteroatoms. The van der Waals surface area contributed by atoms with Gasteiger partial charge in [0.25, 0.3) is 0 Å². The fourth-order valence-electron chi connectivity index (χ4n) is 2.23. The monoisotopic (exact) mass is 292 g/mol. The van der Waals surface area contributed by atoms with Gasteiger partial charge in [0.15, 0.2) is 0 Å². The van der Waals surface area contributed by atoms with Crippen molar-refractivity contribution in [3.63, 3.8) is 0 Å². The maximum absolute atomic E-state index is 3.74. The molecule has 1 fully saturated rings. The van der Waals surface area contributed by atoms with Crippen molar-refractivity contribution in [2.24, 2.45) is 11.3 Å². The van der Waals surface area contributed by atoms with Gasteiger partial charge in [0, 0.05) is 5.33 Å². The number of rotatable bonds is 6. The lowest BCUT2D eigenvalue weighted by Gasteiger charge is -2.35. The maximum Gasteiger partial charge on any atom is 0.00958 e. The molecular weight excluding hydrogens is 268 g/mol. The van der Waals surface area contributed by atoms with E-state index < -0.39 is 0 Å². The molecule has 0 aromatic heterocycles. The van der Waals surface area contributed by atoms with Crippen LogP contribution in [-0.4, -0.2) is 16.8 Å². The van der Waals surface area contributed by atoms with E-state index in [0.29, 0.717) is 5.41 Å². The predicted octanol–water partition coefficient (Wildman–Crippen LogP) is 5.11. The second kappa shape index (κ2) is 7.21. The van der Waals surface area contributed by atoms with Crippen molar-refractivity contribution >= 4 is 27.7 Å². The molecule has 0 aromatic rings. The van der Waals surface area contributed by atoms with Crippen molar-refractivity contribution in [1.29, 1.82) is 0 Å². The van der Waals surface area contributed by atoms with Crippen LogP contribution in [0.4, 0.5) is 0 Å². The summed E-state index contributed by atoms with van der Waals surface area (Å²) in [5.41, 5.74) is 0.639. The van der Waals surface area contributed by atoms with E-state index in [-0.39, 0.29) is 0 Å². The van der Waals surface area contributed by atoms with Gasteiger partial charge in [0.05, 0.1) is 0 Å². The molecule has 0 aliphatic heterocycles. The maximum atomic E-state index is 3.74. The Morgan fingerprint density at radius 2 is 1.87 bits per heavy atom. The Morgan fingerprint density at radius 1 is 1.20 bits per heavy atom. The van der Waals surface area contributed by atoms with Crippen LogP contribution in [0.3, 0.4) is 0 Å². The van der Waals surface area contributed by atoms with E-state index in [1.807, 2.05) is 0 Å². The van der Waals surface area contributed by atoms with Crippen molar-refractivity contribution < 1.29 is 0 Å². The molecule has 1 saturated carbocycles. The molecule has 0 unspecified atom stereocenters. The van der Waals surface area contributed by atoms with Crippen LogP contribution in [-0.2, 0) is 0 Å². The second-order valence-electron chi connectivity index (χ2n) is 5.43. The van der Waals surface area contributed by atoms with Crippen molar-refractivity contribution in [1.82, 2.24) is 0 Å². The summed E-state index contributed by atoms with van der Waals surface area (Å²) in [4.78, 5) is 0. The lowest BCUT2D eigenvalue weighted by molar-refractivity contribution is 0.260. The van der Waals surface area contributed by atoms with Crippen molar-refractivity contribution in [3.8, 4) is 0 Å². The van der Waals surface area contributed by atoms with E-state index in [1.165, 1.54) is 55.4 Å². The molecule has 0 saturated heterocycles. The third-order valence-corrected chi connectivity index (χ3v) is 5.98. The van der Waals surface area contributed by atoms with Gasteiger partial charge in [-0.3, -0.25) is 0 Å². The Balaban J connectivity index is 2.20. The van der Waals surface area contributed by atoms with Gasteiger partial charge in [0.2, 0.25) is 0 Å². The average Bonchev–Trinajstić information content (AvgIpc) is 2.26. The summed E-state index contributed by atoms with van der Waals surface area (Å²) in [6.45, 7) is 4.64. The van der Waals surface area contributed by atoms with E-state index in [9.17, 15) is 0 Å². The molecule has 0 amide bonds. The normalized spacial score (nSPS) is 20.8. The Hall–Kier alpha value is 0.830. The van der Waals surface area contributed by atoms with Gasteiger partial charge in [0.1, 0.15) is 0 Å². The first-order valence-electron chi connectivity index (χ1n) is 6.32. The zero-order chi connectivity index (χ0) is 11.1. The highest BCUT2D eigenvalue weighted by Crippen LogP contribution is 2.40. The molecule has 0 aromatic carbocycles. The third kappa shape index (κ3) is 5.12. The van der Waals surface area contributed by atoms with Gasteiger partial charge < -0.3 is 0 Å². The van der Waals surface area contributed by atoms with Crippen LogP contribution >= 0.6 is 27.7 Å². The molecule has 0 spiro atoms. The third-order valence-electron chi connectivity index (χ3n) is 3.45. The summed E-state index contributed by atoms with van der Waals surface area (Å²) in [6, 6.07) is 0. The standard InChI is InChI=1S/C13H25BrS/c1-12(2)6-9-15-11-13(10-14)7-4-3-5-8-13/h12H,3-11H2,1-2H3. The summed E-state index contributed by atoms with van der Waals surface area (Å²) >= 11 is 5.92. The number of hydrogen-bond donors (Lipinski definition) is 0. The van der Waals surface area contributed by atoms with Crippen molar-refractivity contribution in [3.05, 3.63) is 0 Å².